The number of phenolic OH excluding ortho intramolecular Hbond substituents is 1. The average molecular weight is 262 g/mol. The van der Waals surface area contributed by atoms with Crippen molar-refractivity contribution < 1.29 is 5.11 Å². The Balaban J connectivity index is 1.91. The van der Waals surface area contributed by atoms with Crippen molar-refractivity contribution >= 4 is 11.3 Å². The molecular formula is C14H18N2OS. The van der Waals surface area contributed by atoms with Crippen molar-refractivity contribution in [1.82, 2.24) is 10.3 Å². The monoisotopic (exact) mass is 262 g/mol. The van der Waals surface area contributed by atoms with E-state index in [1.54, 1.807) is 23.5 Å². The summed E-state index contributed by atoms with van der Waals surface area (Å²) in [5.74, 6) is 0.311. The van der Waals surface area contributed by atoms with Crippen LogP contribution in [-0.2, 0) is 12.8 Å². The van der Waals surface area contributed by atoms with Gasteiger partial charge in [-0.3, -0.25) is 0 Å². The van der Waals surface area contributed by atoms with E-state index in [0.29, 0.717) is 5.75 Å². The molecule has 0 aliphatic heterocycles. The van der Waals surface area contributed by atoms with Crippen molar-refractivity contribution in [3.8, 4) is 5.75 Å². The van der Waals surface area contributed by atoms with E-state index in [4.69, 9.17) is 0 Å². The van der Waals surface area contributed by atoms with Crippen LogP contribution in [0.25, 0.3) is 0 Å². The molecule has 96 valence electrons. The van der Waals surface area contributed by atoms with Gasteiger partial charge in [-0.2, -0.15) is 0 Å². The fourth-order valence-electron chi connectivity index (χ4n) is 1.78. The summed E-state index contributed by atoms with van der Waals surface area (Å²) in [5, 5.41) is 15.7. The van der Waals surface area contributed by atoms with Gasteiger partial charge in [0.05, 0.1) is 10.7 Å². The quantitative estimate of drug-likeness (QED) is 0.787. The van der Waals surface area contributed by atoms with Gasteiger partial charge in [0.2, 0.25) is 0 Å². The van der Waals surface area contributed by atoms with Crippen molar-refractivity contribution in [3.05, 3.63) is 45.9 Å². The first-order valence-corrected chi connectivity index (χ1v) is 7.01. The van der Waals surface area contributed by atoms with Crippen LogP contribution in [-0.4, -0.2) is 23.7 Å². The van der Waals surface area contributed by atoms with Gasteiger partial charge in [0, 0.05) is 11.8 Å². The normalized spacial score (nSPS) is 10.7. The zero-order chi connectivity index (χ0) is 12.8. The Labute approximate surface area is 112 Å². The summed E-state index contributed by atoms with van der Waals surface area (Å²) in [6.45, 7) is 1.03. The van der Waals surface area contributed by atoms with E-state index in [-0.39, 0.29) is 0 Å². The number of nitrogens with one attached hydrogen (secondary N) is 1. The van der Waals surface area contributed by atoms with Crippen LogP contribution in [0.1, 0.15) is 22.7 Å². The highest BCUT2D eigenvalue weighted by Crippen LogP contribution is 2.17. The van der Waals surface area contributed by atoms with Crippen LogP contribution in [0.5, 0.6) is 5.75 Å². The van der Waals surface area contributed by atoms with E-state index in [1.165, 1.54) is 11.3 Å². The third-order valence-corrected chi connectivity index (χ3v) is 3.65. The van der Waals surface area contributed by atoms with Crippen molar-refractivity contribution in [2.75, 3.05) is 13.6 Å². The number of aromatic hydroxyl groups is 1. The molecule has 0 amide bonds. The number of nitrogens with zero attached hydrogens (tertiary/aromatic N) is 1. The smallest absolute Gasteiger partial charge is 0.115 e. The predicted molar refractivity (Wildman–Crippen MR) is 75.3 cm³/mol. The first kappa shape index (κ1) is 13.1. The minimum atomic E-state index is 0.311. The fraction of sp³-hybridized carbons (Fsp3) is 0.357. The Bertz CT molecular complexity index is 479. The van der Waals surface area contributed by atoms with Crippen molar-refractivity contribution in [1.29, 1.82) is 0 Å². The highest BCUT2D eigenvalue weighted by Gasteiger charge is 2.03. The molecule has 1 aromatic heterocycles. The second kappa shape index (κ2) is 6.52. The average Bonchev–Trinajstić information content (AvgIpc) is 2.80. The maximum absolute atomic E-state index is 9.23. The van der Waals surface area contributed by atoms with Gasteiger partial charge in [0.1, 0.15) is 5.75 Å². The van der Waals surface area contributed by atoms with Crippen LogP contribution in [0.3, 0.4) is 0 Å². The minimum absolute atomic E-state index is 0.311. The first-order chi connectivity index (χ1) is 8.78. The fourth-order valence-corrected chi connectivity index (χ4v) is 2.64. The third kappa shape index (κ3) is 3.82. The molecule has 1 aromatic carbocycles. The highest BCUT2D eigenvalue weighted by atomic mass is 32.1. The van der Waals surface area contributed by atoms with Gasteiger partial charge in [-0.25, -0.2) is 4.98 Å². The zero-order valence-corrected chi connectivity index (χ0v) is 11.3. The van der Waals surface area contributed by atoms with Crippen LogP contribution in [0.15, 0.2) is 29.6 Å². The molecule has 2 rings (SSSR count). The summed E-state index contributed by atoms with van der Waals surface area (Å²) in [6.07, 6.45) is 3.00. The Hall–Kier alpha value is -1.39. The molecule has 0 atom stereocenters. The molecule has 0 radical (unpaired) electrons. The summed E-state index contributed by atoms with van der Waals surface area (Å²) in [5.41, 5.74) is 2.37. The SMILES string of the molecule is CNCCCc1csc(Cc2ccc(O)cc2)n1. The third-order valence-electron chi connectivity index (χ3n) is 2.75. The molecule has 0 aliphatic rings. The van der Waals surface area contributed by atoms with Crippen LogP contribution in [0, 0.1) is 0 Å². The lowest BCUT2D eigenvalue weighted by molar-refractivity contribution is 0.475. The number of rotatable bonds is 6. The molecule has 0 fully saturated rings. The van der Waals surface area contributed by atoms with Gasteiger partial charge in [0.15, 0.2) is 0 Å². The predicted octanol–water partition coefficient (Wildman–Crippen LogP) is 2.59. The molecule has 0 saturated heterocycles. The molecule has 0 bridgehead atoms. The highest BCUT2D eigenvalue weighted by molar-refractivity contribution is 7.09. The van der Waals surface area contributed by atoms with E-state index in [1.807, 2.05) is 19.2 Å². The van der Waals surface area contributed by atoms with Gasteiger partial charge in [-0.05, 0) is 44.1 Å². The van der Waals surface area contributed by atoms with E-state index in [0.717, 1.165) is 30.8 Å². The van der Waals surface area contributed by atoms with E-state index in [2.05, 4.69) is 15.7 Å². The summed E-state index contributed by atoms with van der Waals surface area (Å²) in [7, 11) is 1.97. The van der Waals surface area contributed by atoms with Crippen LogP contribution in [0.2, 0.25) is 0 Å². The number of phenols is 1. The van der Waals surface area contributed by atoms with E-state index >= 15 is 0 Å². The van der Waals surface area contributed by atoms with Gasteiger partial charge < -0.3 is 10.4 Å². The summed E-state index contributed by atoms with van der Waals surface area (Å²) in [4.78, 5) is 4.63. The molecule has 1 heterocycles. The van der Waals surface area contributed by atoms with Gasteiger partial charge >= 0.3 is 0 Å². The molecule has 0 aliphatic carbocycles. The molecule has 0 spiro atoms. The van der Waals surface area contributed by atoms with Crippen LogP contribution < -0.4 is 5.32 Å². The number of aromatic nitrogens is 1. The molecule has 4 heteroatoms. The molecule has 3 nitrogen and oxygen atoms in total. The molecule has 2 aromatic rings. The lowest BCUT2D eigenvalue weighted by atomic mass is 10.1. The molecule has 0 saturated carbocycles. The van der Waals surface area contributed by atoms with Gasteiger partial charge in [-0.1, -0.05) is 12.1 Å². The van der Waals surface area contributed by atoms with Crippen LogP contribution in [0.4, 0.5) is 0 Å². The zero-order valence-electron chi connectivity index (χ0n) is 10.5. The maximum atomic E-state index is 9.23. The summed E-state index contributed by atoms with van der Waals surface area (Å²) < 4.78 is 0. The lowest BCUT2D eigenvalue weighted by Gasteiger charge is -1.98. The summed E-state index contributed by atoms with van der Waals surface area (Å²) >= 11 is 1.71. The number of benzene rings is 1. The van der Waals surface area contributed by atoms with Crippen molar-refractivity contribution in [2.45, 2.75) is 19.3 Å². The number of hydrogen-bond donors (Lipinski definition) is 2. The maximum Gasteiger partial charge on any atom is 0.115 e. The molecule has 18 heavy (non-hydrogen) atoms. The van der Waals surface area contributed by atoms with Crippen molar-refractivity contribution in [2.24, 2.45) is 0 Å². The second-order valence-electron chi connectivity index (χ2n) is 4.28. The Morgan fingerprint density at radius 2 is 2.06 bits per heavy atom. The van der Waals surface area contributed by atoms with E-state index < -0.39 is 0 Å². The first-order valence-electron chi connectivity index (χ1n) is 6.13. The Morgan fingerprint density at radius 3 is 2.78 bits per heavy atom. The standard InChI is InChI=1S/C14H18N2OS/c1-15-8-2-3-12-10-18-14(16-12)9-11-4-6-13(17)7-5-11/h4-7,10,15,17H,2-3,8-9H2,1H3. The van der Waals surface area contributed by atoms with Gasteiger partial charge in [-0.15, -0.1) is 11.3 Å². The van der Waals surface area contributed by atoms with E-state index in [9.17, 15) is 5.11 Å². The number of hydrogen-bond acceptors (Lipinski definition) is 4. The Kier molecular flexibility index (Phi) is 4.73. The second-order valence-corrected chi connectivity index (χ2v) is 5.23. The molecule has 2 N–H and O–H groups in total. The number of aryl methyl sites for hydroxylation is 1. The summed E-state index contributed by atoms with van der Waals surface area (Å²) in [6, 6.07) is 7.32. The van der Waals surface area contributed by atoms with Crippen LogP contribution >= 0.6 is 11.3 Å². The molecular weight excluding hydrogens is 244 g/mol. The topological polar surface area (TPSA) is 45.1 Å². The van der Waals surface area contributed by atoms with Gasteiger partial charge in [0.25, 0.3) is 0 Å². The lowest BCUT2D eigenvalue weighted by Crippen LogP contribution is -2.08. The van der Waals surface area contributed by atoms with Crippen molar-refractivity contribution in [3.63, 3.8) is 0 Å². The minimum Gasteiger partial charge on any atom is -0.508 e. The largest absolute Gasteiger partial charge is 0.508 e. The Morgan fingerprint density at radius 1 is 1.28 bits per heavy atom. The number of thiazole rings is 1. The molecule has 0 unspecified atom stereocenters.